The van der Waals surface area contributed by atoms with E-state index in [1.807, 2.05) is 22.4 Å². The fraction of sp³-hybridized carbons (Fsp3) is 0.615. The molecule has 0 aromatic carbocycles. The average molecular weight is 272 g/mol. The minimum atomic E-state index is 0.236. The number of hydrogen-bond donors (Lipinski definition) is 0. The van der Waals surface area contributed by atoms with Crippen LogP contribution in [-0.4, -0.2) is 29.3 Å². The Kier molecular flexibility index (Phi) is 4.86. The molecular formula is C13H18ClNOS. The van der Waals surface area contributed by atoms with E-state index in [1.54, 1.807) is 11.3 Å². The van der Waals surface area contributed by atoms with Gasteiger partial charge in [-0.05, 0) is 24.3 Å². The van der Waals surface area contributed by atoms with Crippen molar-refractivity contribution in [1.82, 2.24) is 4.90 Å². The molecule has 0 atom stereocenters. The van der Waals surface area contributed by atoms with E-state index >= 15 is 0 Å². The number of halogens is 1. The average Bonchev–Trinajstić information content (AvgIpc) is 2.97. The van der Waals surface area contributed by atoms with Gasteiger partial charge in [0.05, 0.1) is 6.42 Å². The first-order valence-corrected chi connectivity index (χ1v) is 7.60. The van der Waals surface area contributed by atoms with Crippen LogP contribution in [0, 0.1) is 0 Å². The number of alkyl halides is 1. The summed E-state index contributed by atoms with van der Waals surface area (Å²) in [6.45, 7) is 0.691. The highest BCUT2D eigenvalue weighted by molar-refractivity contribution is 7.10. The summed E-state index contributed by atoms with van der Waals surface area (Å²) >= 11 is 7.46. The van der Waals surface area contributed by atoms with E-state index in [4.69, 9.17) is 11.6 Å². The second-order valence-corrected chi connectivity index (χ2v) is 5.88. The van der Waals surface area contributed by atoms with Crippen molar-refractivity contribution in [2.24, 2.45) is 0 Å². The van der Waals surface area contributed by atoms with Gasteiger partial charge in [0.1, 0.15) is 0 Å². The molecule has 1 amide bonds. The smallest absolute Gasteiger partial charge is 0.228 e. The standard InChI is InChI=1S/C13H18ClNOS/c14-7-8-15(11-4-1-2-5-11)13(16)10-12-6-3-9-17-12/h3,6,9,11H,1-2,4-5,7-8,10H2. The highest BCUT2D eigenvalue weighted by Gasteiger charge is 2.26. The Labute approximate surface area is 112 Å². The number of rotatable bonds is 5. The van der Waals surface area contributed by atoms with Gasteiger partial charge in [-0.15, -0.1) is 22.9 Å². The van der Waals surface area contributed by atoms with Gasteiger partial charge in [0.25, 0.3) is 0 Å². The second-order valence-electron chi connectivity index (χ2n) is 4.47. The van der Waals surface area contributed by atoms with Crippen LogP contribution in [0.3, 0.4) is 0 Å². The van der Waals surface area contributed by atoms with E-state index in [0.29, 0.717) is 24.9 Å². The van der Waals surface area contributed by atoms with E-state index in [-0.39, 0.29) is 5.91 Å². The normalized spacial score (nSPS) is 16.3. The molecule has 0 bridgehead atoms. The molecule has 0 saturated heterocycles. The summed E-state index contributed by atoms with van der Waals surface area (Å²) in [5.74, 6) is 0.771. The topological polar surface area (TPSA) is 20.3 Å². The van der Waals surface area contributed by atoms with E-state index in [2.05, 4.69) is 0 Å². The zero-order valence-corrected chi connectivity index (χ0v) is 11.5. The van der Waals surface area contributed by atoms with Gasteiger partial charge in [-0.3, -0.25) is 4.79 Å². The van der Waals surface area contributed by atoms with Gasteiger partial charge in [-0.1, -0.05) is 18.9 Å². The molecule has 94 valence electrons. The number of amides is 1. The van der Waals surface area contributed by atoms with Crippen LogP contribution in [-0.2, 0) is 11.2 Å². The number of carbonyl (C=O) groups is 1. The van der Waals surface area contributed by atoms with Crippen LogP contribution in [0.1, 0.15) is 30.6 Å². The third-order valence-electron chi connectivity index (χ3n) is 3.32. The zero-order valence-electron chi connectivity index (χ0n) is 9.90. The maximum atomic E-state index is 12.3. The molecule has 1 aromatic heterocycles. The van der Waals surface area contributed by atoms with Crippen molar-refractivity contribution in [2.75, 3.05) is 12.4 Å². The van der Waals surface area contributed by atoms with E-state index < -0.39 is 0 Å². The molecule has 2 nitrogen and oxygen atoms in total. The van der Waals surface area contributed by atoms with Crippen LogP contribution in [0.15, 0.2) is 17.5 Å². The summed E-state index contributed by atoms with van der Waals surface area (Å²) in [5.41, 5.74) is 0. The molecule has 0 N–H and O–H groups in total. The highest BCUT2D eigenvalue weighted by atomic mass is 35.5. The molecule has 1 aliphatic rings. The Morgan fingerprint density at radius 2 is 2.24 bits per heavy atom. The van der Waals surface area contributed by atoms with Crippen LogP contribution in [0.25, 0.3) is 0 Å². The Balaban J connectivity index is 1.97. The minimum absolute atomic E-state index is 0.236. The van der Waals surface area contributed by atoms with Crippen molar-refractivity contribution in [1.29, 1.82) is 0 Å². The van der Waals surface area contributed by atoms with Gasteiger partial charge in [0.15, 0.2) is 0 Å². The molecule has 1 heterocycles. The third-order valence-corrected chi connectivity index (χ3v) is 4.36. The van der Waals surface area contributed by atoms with Crippen molar-refractivity contribution in [3.05, 3.63) is 22.4 Å². The fourth-order valence-electron chi connectivity index (χ4n) is 2.48. The Hall–Kier alpha value is -0.540. The maximum absolute atomic E-state index is 12.3. The van der Waals surface area contributed by atoms with Gasteiger partial charge in [-0.2, -0.15) is 0 Å². The number of hydrogen-bond acceptors (Lipinski definition) is 2. The molecule has 0 aliphatic heterocycles. The highest BCUT2D eigenvalue weighted by Crippen LogP contribution is 2.24. The largest absolute Gasteiger partial charge is 0.338 e. The molecule has 0 radical (unpaired) electrons. The van der Waals surface area contributed by atoms with Gasteiger partial charge in [0.2, 0.25) is 5.91 Å². The summed E-state index contributed by atoms with van der Waals surface area (Å²) in [6, 6.07) is 4.45. The first-order valence-electron chi connectivity index (χ1n) is 6.19. The van der Waals surface area contributed by atoms with Crippen LogP contribution in [0.2, 0.25) is 0 Å². The Morgan fingerprint density at radius 3 is 2.82 bits per heavy atom. The molecule has 17 heavy (non-hydrogen) atoms. The molecule has 1 aromatic rings. The van der Waals surface area contributed by atoms with Crippen LogP contribution < -0.4 is 0 Å². The summed E-state index contributed by atoms with van der Waals surface area (Å²) < 4.78 is 0. The zero-order chi connectivity index (χ0) is 12.1. The third kappa shape index (κ3) is 3.46. The lowest BCUT2D eigenvalue weighted by atomic mass is 10.2. The first-order chi connectivity index (χ1) is 8.31. The van der Waals surface area contributed by atoms with Crippen molar-refractivity contribution >= 4 is 28.8 Å². The lowest BCUT2D eigenvalue weighted by molar-refractivity contribution is -0.132. The van der Waals surface area contributed by atoms with Crippen molar-refractivity contribution in [2.45, 2.75) is 38.1 Å². The minimum Gasteiger partial charge on any atom is -0.338 e. The van der Waals surface area contributed by atoms with Gasteiger partial charge >= 0.3 is 0 Å². The quantitative estimate of drug-likeness (QED) is 0.753. The summed E-state index contributed by atoms with van der Waals surface area (Å²) in [5, 5.41) is 2.02. The molecule has 2 rings (SSSR count). The summed E-state index contributed by atoms with van der Waals surface area (Å²) in [4.78, 5) is 15.4. The molecule has 0 unspecified atom stereocenters. The SMILES string of the molecule is O=C(Cc1cccs1)N(CCCl)C1CCCC1. The van der Waals surface area contributed by atoms with Crippen molar-refractivity contribution in [3.63, 3.8) is 0 Å². The van der Waals surface area contributed by atoms with E-state index in [0.717, 1.165) is 17.7 Å². The predicted molar refractivity (Wildman–Crippen MR) is 72.7 cm³/mol. The van der Waals surface area contributed by atoms with Gasteiger partial charge < -0.3 is 4.90 Å². The van der Waals surface area contributed by atoms with Crippen molar-refractivity contribution < 1.29 is 4.79 Å². The van der Waals surface area contributed by atoms with Crippen LogP contribution in [0.4, 0.5) is 0 Å². The van der Waals surface area contributed by atoms with Gasteiger partial charge in [-0.25, -0.2) is 0 Å². The molecule has 1 fully saturated rings. The lowest BCUT2D eigenvalue weighted by Gasteiger charge is -2.28. The van der Waals surface area contributed by atoms with E-state index in [1.165, 1.54) is 12.8 Å². The lowest BCUT2D eigenvalue weighted by Crippen LogP contribution is -2.40. The fourth-order valence-corrected chi connectivity index (χ4v) is 3.36. The molecule has 4 heteroatoms. The molecule has 1 saturated carbocycles. The Morgan fingerprint density at radius 1 is 1.47 bits per heavy atom. The second kappa shape index (κ2) is 6.41. The van der Waals surface area contributed by atoms with Gasteiger partial charge in [0, 0.05) is 23.3 Å². The number of thiophene rings is 1. The predicted octanol–water partition coefficient (Wildman–Crippen LogP) is 3.30. The Bertz CT molecular complexity index is 346. The summed E-state index contributed by atoms with van der Waals surface area (Å²) in [6.07, 6.45) is 5.32. The molecule has 1 aliphatic carbocycles. The summed E-state index contributed by atoms with van der Waals surface area (Å²) in [7, 11) is 0. The van der Waals surface area contributed by atoms with Crippen LogP contribution in [0.5, 0.6) is 0 Å². The monoisotopic (exact) mass is 271 g/mol. The van der Waals surface area contributed by atoms with Crippen LogP contribution >= 0.6 is 22.9 Å². The maximum Gasteiger partial charge on any atom is 0.228 e. The number of nitrogens with zero attached hydrogens (tertiary/aromatic N) is 1. The molecule has 0 spiro atoms. The number of carbonyl (C=O) groups excluding carboxylic acids is 1. The van der Waals surface area contributed by atoms with E-state index in [9.17, 15) is 4.79 Å². The first kappa shape index (κ1) is 12.9. The molecular weight excluding hydrogens is 254 g/mol. The van der Waals surface area contributed by atoms with Crippen molar-refractivity contribution in [3.8, 4) is 0 Å².